The van der Waals surface area contributed by atoms with Crippen LogP contribution in [0.1, 0.15) is 23.2 Å². The minimum Gasteiger partial charge on any atom is -0.348 e. The minimum absolute atomic E-state index is 0.0647. The van der Waals surface area contributed by atoms with Crippen LogP contribution in [0.15, 0.2) is 53.4 Å². The number of nitrogens with one attached hydrogen (secondary N) is 2. The summed E-state index contributed by atoms with van der Waals surface area (Å²) in [7, 11) is -3.84. The van der Waals surface area contributed by atoms with Crippen molar-refractivity contribution in [1.82, 2.24) is 5.32 Å². The maximum absolute atomic E-state index is 12.6. The lowest BCUT2D eigenvalue weighted by Gasteiger charge is -2.18. The Morgan fingerprint density at radius 3 is 2.42 bits per heavy atom. The fraction of sp³-hybridized carbons (Fsp3) is 0.278. The van der Waals surface area contributed by atoms with E-state index in [2.05, 4.69) is 10.0 Å². The molecule has 1 saturated carbocycles. The highest BCUT2D eigenvalue weighted by Crippen LogP contribution is 2.32. The lowest BCUT2D eigenvalue weighted by molar-refractivity contribution is 0.0934. The zero-order valence-corrected chi connectivity index (χ0v) is 15.6. The van der Waals surface area contributed by atoms with Gasteiger partial charge in [0, 0.05) is 17.6 Å². The topological polar surface area (TPSA) is 101 Å². The van der Waals surface area contributed by atoms with Crippen molar-refractivity contribution < 1.29 is 13.2 Å². The fourth-order valence-electron chi connectivity index (χ4n) is 2.70. The molecule has 0 spiro atoms. The van der Waals surface area contributed by atoms with Crippen molar-refractivity contribution in [3.63, 3.8) is 0 Å². The number of hydrogen-bond acceptors (Lipinski definition) is 4. The molecule has 2 aromatic rings. The van der Waals surface area contributed by atoms with Gasteiger partial charge in [0.15, 0.2) is 0 Å². The Balaban J connectivity index is 1.82. The number of rotatable bonds is 7. The van der Waals surface area contributed by atoms with E-state index in [1.165, 1.54) is 24.3 Å². The zero-order valence-electron chi connectivity index (χ0n) is 14.0. The van der Waals surface area contributed by atoms with Crippen LogP contribution in [0.5, 0.6) is 0 Å². The third-order valence-electron chi connectivity index (χ3n) is 4.30. The Labute approximate surface area is 157 Å². The van der Waals surface area contributed by atoms with Gasteiger partial charge in [-0.05, 0) is 55.2 Å². The van der Waals surface area contributed by atoms with E-state index in [1.54, 1.807) is 24.3 Å². The molecule has 0 radical (unpaired) electrons. The van der Waals surface area contributed by atoms with E-state index in [9.17, 15) is 13.2 Å². The first-order chi connectivity index (χ1) is 12.4. The number of carbonyl (C=O) groups excluding carboxylic acids is 1. The van der Waals surface area contributed by atoms with Gasteiger partial charge in [0.2, 0.25) is 0 Å². The molecule has 1 atom stereocenters. The molecule has 0 bridgehead atoms. The van der Waals surface area contributed by atoms with E-state index in [4.69, 9.17) is 17.3 Å². The molecule has 6 nitrogen and oxygen atoms in total. The average molecular weight is 394 g/mol. The van der Waals surface area contributed by atoms with Crippen LogP contribution in [0.3, 0.4) is 0 Å². The monoisotopic (exact) mass is 393 g/mol. The van der Waals surface area contributed by atoms with Crippen molar-refractivity contribution >= 4 is 33.2 Å². The van der Waals surface area contributed by atoms with Crippen LogP contribution in [-0.4, -0.2) is 26.9 Å². The summed E-state index contributed by atoms with van der Waals surface area (Å²) in [5, 5.41) is 3.34. The molecule has 26 heavy (non-hydrogen) atoms. The highest BCUT2D eigenvalue weighted by Gasteiger charge is 2.32. The van der Waals surface area contributed by atoms with Crippen molar-refractivity contribution in [1.29, 1.82) is 0 Å². The highest BCUT2D eigenvalue weighted by atomic mass is 35.5. The predicted octanol–water partition coefficient (Wildman–Crippen LogP) is 2.61. The number of hydrogen-bond donors (Lipinski definition) is 3. The molecule has 1 fully saturated rings. The third kappa shape index (κ3) is 4.35. The molecule has 1 aliphatic rings. The lowest BCUT2D eigenvalue weighted by Crippen LogP contribution is -2.42. The summed E-state index contributed by atoms with van der Waals surface area (Å²) >= 11 is 5.80. The largest absolute Gasteiger partial charge is 0.348 e. The van der Waals surface area contributed by atoms with Crippen molar-refractivity contribution in [3.05, 3.63) is 59.1 Å². The fourth-order valence-corrected chi connectivity index (χ4v) is 3.91. The zero-order chi connectivity index (χ0) is 18.7. The molecule has 0 aliphatic heterocycles. The maximum atomic E-state index is 12.6. The number of benzene rings is 2. The van der Waals surface area contributed by atoms with E-state index in [1.807, 2.05) is 0 Å². The highest BCUT2D eigenvalue weighted by molar-refractivity contribution is 7.92. The molecule has 1 amide bonds. The van der Waals surface area contributed by atoms with E-state index >= 15 is 0 Å². The first-order valence-electron chi connectivity index (χ1n) is 8.29. The van der Waals surface area contributed by atoms with Gasteiger partial charge in [-0.25, -0.2) is 8.42 Å². The Morgan fingerprint density at radius 2 is 1.81 bits per heavy atom. The van der Waals surface area contributed by atoms with Crippen molar-refractivity contribution in [2.45, 2.75) is 23.8 Å². The average Bonchev–Trinajstić information content (AvgIpc) is 3.45. The first kappa shape index (κ1) is 18.7. The van der Waals surface area contributed by atoms with Crippen LogP contribution in [0.4, 0.5) is 5.69 Å². The van der Waals surface area contributed by atoms with Crippen LogP contribution in [0.25, 0.3) is 0 Å². The number of carbonyl (C=O) groups is 1. The predicted molar refractivity (Wildman–Crippen MR) is 102 cm³/mol. The second-order valence-electron chi connectivity index (χ2n) is 6.26. The molecule has 1 unspecified atom stereocenters. The number of para-hydroxylation sites is 1. The van der Waals surface area contributed by atoms with Crippen LogP contribution >= 0.6 is 11.6 Å². The SMILES string of the molecule is NCC(NC(=O)c1ccccc1NS(=O)(=O)c1ccc(Cl)cc1)C1CC1. The van der Waals surface area contributed by atoms with Crippen molar-refractivity contribution in [3.8, 4) is 0 Å². The summed E-state index contributed by atoms with van der Waals surface area (Å²) in [6.07, 6.45) is 2.10. The maximum Gasteiger partial charge on any atom is 0.261 e. The van der Waals surface area contributed by atoms with Gasteiger partial charge in [-0.3, -0.25) is 9.52 Å². The summed E-state index contributed by atoms with van der Waals surface area (Å²) in [6, 6.07) is 12.2. The standard InChI is InChI=1S/C18H20ClN3O3S/c19-13-7-9-14(10-8-13)26(24,25)22-16-4-2-1-3-15(16)18(23)21-17(11-20)12-5-6-12/h1-4,7-10,12,17,22H,5-6,11,20H2,(H,21,23). The van der Waals surface area contributed by atoms with E-state index in [-0.39, 0.29) is 28.1 Å². The number of nitrogens with two attached hydrogens (primary N) is 1. The van der Waals surface area contributed by atoms with Gasteiger partial charge in [-0.1, -0.05) is 23.7 Å². The van der Waals surface area contributed by atoms with Gasteiger partial charge in [0.25, 0.3) is 15.9 Å². The van der Waals surface area contributed by atoms with Gasteiger partial charge < -0.3 is 11.1 Å². The summed E-state index contributed by atoms with van der Waals surface area (Å²) in [5.74, 6) is 0.0589. The Morgan fingerprint density at radius 1 is 1.15 bits per heavy atom. The van der Waals surface area contributed by atoms with Gasteiger partial charge in [-0.2, -0.15) is 0 Å². The summed E-state index contributed by atoms with van der Waals surface area (Å²) < 4.78 is 27.6. The second kappa shape index (κ2) is 7.65. The molecule has 0 aromatic heterocycles. The van der Waals surface area contributed by atoms with Crippen LogP contribution in [0.2, 0.25) is 5.02 Å². The molecule has 3 rings (SSSR count). The Bertz CT molecular complexity index is 896. The smallest absolute Gasteiger partial charge is 0.261 e. The van der Waals surface area contributed by atoms with E-state index < -0.39 is 10.0 Å². The number of amides is 1. The minimum atomic E-state index is -3.84. The number of sulfonamides is 1. The number of anilines is 1. The van der Waals surface area contributed by atoms with Gasteiger partial charge in [-0.15, -0.1) is 0 Å². The van der Waals surface area contributed by atoms with Crippen LogP contribution < -0.4 is 15.8 Å². The molecule has 0 heterocycles. The van der Waals surface area contributed by atoms with Gasteiger partial charge >= 0.3 is 0 Å². The van der Waals surface area contributed by atoms with Crippen LogP contribution in [-0.2, 0) is 10.0 Å². The lowest BCUT2D eigenvalue weighted by atomic mass is 10.1. The molecule has 4 N–H and O–H groups in total. The van der Waals surface area contributed by atoms with E-state index in [0.717, 1.165) is 12.8 Å². The van der Waals surface area contributed by atoms with Gasteiger partial charge in [0.1, 0.15) is 0 Å². The van der Waals surface area contributed by atoms with Crippen LogP contribution in [0, 0.1) is 5.92 Å². The second-order valence-corrected chi connectivity index (χ2v) is 8.38. The van der Waals surface area contributed by atoms with Crippen molar-refractivity contribution in [2.24, 2.45) is 11.7 Å². The molecule has 2 aromatic carbocycles. The number of halogens is 1. The summed E-state index contributed by atoms with van der Waals surface area (Å²) in [6.45, 7) is 0.356. The molecular formula is C18H20ClN3O3S. The van der Waals surface area contributed by atoms with E-state index in [0.29, 0.717) is 17.5 Å². The molecular weight excluding hydrogens is 374 g/mol. The van der Waals surface area contributed by atoms with Crippen molar-refractivity contribution in [2.75, 3.05) is 11.3 Å². The molecule has 138 valence electrons. The quantitative estimate of drug-likeness (QED) is 0.672. The Hall–Kier alpha value is -2.09. The first-order valence-corrected chi connectivity index (χ1v) is 10.1. The third-order valence-corrected chi connectivity index (χ3v) is 5.93. The normalized spacial score (nSPS) is 15.3. The molecule has 0 saturated heterocycles. The summed E-state index contributed by atoms with van der Waals surface area (Å²) in [5.41, 5.74) is 6.20. The molecule has 1 aliphatic carbocycles. The molecule has 8 heteroatoms. The summed E-state index contributed by atoms with van der Waals surface area (Å²) in [4.78, 5) is 12.7. The Kier molecular flexibility index (Phi) is 5.50. The van der Waals surface area contributed by atoms with Gasteiger partial charge in [0.05, 0.1) is 16.1 Å².